The van der Waals surface area contributed by atoms with Crippen LogP contribution in [-0.4, -0.2) is 33.2 Å². The Bertz CT molecular complexity index is 1040. The lowest BCUT2D eigenvalue weighted by atomic mass is 10.0. The molecule has 2 aliphatic rings. The second-order valence-corrected chi connectivity index (χ2v) is 7.90. The van der Waals surface area contributed by atoms with Crippen molar-refractivity contribution < 1.29 is 9.18 Å². The fraction of sp³-hybridized carbons (Fsp3) is 0.304. The zero-order chi connectivity index (χ0) is 20.0. The average Bonchev–Trinajstić information content (AvgIpc) is 3.44. The Kier molecular flexibility index (Phi) is 4.43. The second kappa shape index (κ2) is 7.12. The fourth-order valence-electron chi connectivity index (χ4n) is 4.63. The molecule has 5 nitrogen and oxygen atoms in total. The Hall–Kier alpha value is -2.99. The molecule has 1 saturated heterocycles. The van der Waals surface area contributed by atoms with Gasteiger partial charge in [-0.1, -0.05) is 30.3 Å². The number of hydrogen-bond donors (Lipinski definition) is 1. The summed E-state index contributed by atoms with van der Waals surface area (Å²) in [5, 5.41) is 4.69. The lowest BCUT2D eigenvalue weighted by Gasteiger charge is -2.24. The number of carbonyl (C=O) groups is 1. The molecule has 0 saturated carbocycles. The zero-order valence-electron chi connectivity index (χ0n) is 16.1. The molecule has 2 N–H and O–H groups in total. The van der Waals surface area contributed by atoms with Crippen LogP contribution in [0.25, 0.3) is 5.69 Å². The molecule has 0 radical (unpaired) electrons. The van der Waals surface area contributed by atoms with Gasteiger partial charge in [0.15, 0.2) is 5.69 Å². The maximum absolute atomic E-state index is 13.6. The topological polar surface area (TPSA) is 64.2 Å². The number of fused-ring (bicyclic) bond motifs is 1. The molecule has 6 heteroatoms. The third-order valence-electron chi connectivity index (χ3n) is 5.98. The number of benzene rings is 2. The van der Waals surface area contributed by atoms with E-state index in [1.807, 2.05) is 39.9 Å². The molecule has 0 unspecified atom stereocenters. The zero-order valence-corrected chi connectivity index (χ0v) is 16.1. The van der Waals surface area contributed by atoms with Gasteiger partial charge in [-0.25, -0.2) is 9.07 Å². The molecule has 1 amide bonds. The van der Waals surface area contributed by atoms with Crippen molar-refractivity contribution in [1.29, 1.82) is 0 Å². The van der Waals surface area contributed by atoms with Gasteiger partial charge in [-0.05, 0) is 55.5 Å². The van der Waals surface area contributed by atoms with Gasteiger partial charge in [-0.2, -0.15) is 5.10 Å². The molecule has 1 aromatic heterocycles. The first-order valence-electron chi connectivity index (χ1n) is 10.1. The number of nitrogens with zero attached hydrogens (tertiary/aromatic N) is 3. The fourth-order valence-corrected chi connectivity index (χ4v) is 4.63. The summed E-state index contributed by atoms with van der Waals surface area (Å²) in [6.07, 6.45) is 3.45. The van der Waals surface area contributed by atoms with Gasteiger partial charge >= 0.3 is 0 Å². The molecule has 2 heterocycles. The van der Waals surface area contributed by atoms with Crippen LogP contribution in [0.15, 0.2) is 54.6 Å². The van der Waals surface area contributed by atoms with Crippen molar-refractivity contribution in [2.75, 3.05) is 6.54 Å². The van der Waals surface area contributed by atoms with Crippen LogP contribution in [0.4, 0.5) is 4.39 Å². The second-order valence-electron chi connectivity index (χ2n) is 7.90. The molecule has 3 aromatic rings. The first kappa shape index (κ1) is 18.1. The average molecular weight is 390 g/mol. The predicted octanol–water partition coefficient (Wildman–Crippen LogP) is 3.41. The molecular formula is C23H23FN4O. The van der Waals surface area contributed by atoms with Crippen molar-refractivity contribution >= 4 is 5.91 Å². The van der Waals surface area contributed by atoms with Crippen LogP contribution in [0.5, 0.6) is 0 Å². The third kappa shape index (κ3) is 3.13. The maximum Gasteiger partial charge on any atom is 0.275 e. The van der Waals surface area contributed by atoms with Gasteiger partial charge in [-0.3, -0.25) is 4.79 Å². The van der Waals surface area contributed by atoms with Crippen LogP contribution < -0.4 is 5.73 Å². The minimum atomic E-state index is -0.286. The Morgan fingerprint density at radius 1 is 1.07 bits per heavy atom. The summed E-state index contributed by atoms with van der Waals surface area (Å²) < 4.78 is 15.2. The molecule has 1 aliphatic carbocycles. The monoisotopic (exact) mass is 390 g/mol. The van der Waals surface area contributed by atoms with Crippen LogP contribution in [0.1, 0.15) is 46.2 Å². The number of likely N-dealkylation sites (tertiary alicyclic amines) is 1. The lowest BCUT2D eigenvalue weighted by molar-refractivity contribution is 0.0726. The van der Waals surface area contributed by atoms with Gasteiger partial charge in [0.1, 0.15) is 5.82 Å². The molecule has 1 fully saturated rings. The number of halogens is 1. The smallest absolute Gasteiger partial charge is 0.275 e. The maximum atomic E-state index is 13.6. The summed E-state index contributed by atoms with van der Waals surface area (Å²) in [7, 11) is 0. The van der Waals surface area contributed by atoms with E-state index in [9.17, 15) is 9.18 Å². The van der Waals surface area contributed by atoms with Gasteiger partial charge in [0.25, 0.3) is 5.91 Å². The molecule has 1 aliphatic heterocycles. The van der Waals surface area contributed by atoms with Crippen LogP contribution >= 0.6 is 0 Å². The van der Waals surface area contributed by atoms with E-state index in [2.05, 4.69) is 0 Å². The summed E-state index contributed by atoms with van der Waals surface area (Å²) in [6.45, 7) is 0.524. The lowest BCUT2D eigenvalue weighted by Crippen LogP contribution is -2.34. The summed E-state index contributed by atoms with van der Waals surface area (Å²) in [6, 6.07) is 16.2. The molecule has 0 bridgehead atoms. The standard InChI is InChI=1S/C23H23FN4O/c24-16-9-11-18(12-10-16)28-20-8-4-7-19(20)22(26-28)23(29)27-14-17(25)13-21(27)15-5-2-1-3-6-15/h1-3,5-6,9-12,17,21H,4,7-8,13-14,25H2/t17-,21-/m1/s1. The summed E-state index contributed by atoms with van der Waals surface area (Å²) in [4.78, 5) is 15.4. The van der Waals surface area contributed by atoms with Crippen molar-refractivity contribution in [2.24, 2.45) is 5.73 Å². The summed E-state index contributed by atoms with van der Waals surface area (Å²) in [5.41, 5.74) is 10.7. The molecule has 0 spiro atoms. The summed E-state index contributed by atoms with van der Waals surface area (Å²) in [5.74, 6) is -0.351. The van der Waals surface area contributed by atoms with Crippen LogP contribution in [-0.2, 0) is 12.8 Å². The molecule has 148 valence electrons. The van der Waals surface area contributed by atoms with Crippen LogP contribution in [0.3, 0.4) is 0 Å². The minimum Gasteiger partial charge on any atom is -0.329 e. The number of nitrogens with two attached hydrogens (primary N) is 1. The number of amides is 1. The van der Waals surface area contributed by atoms with Gasteiger partial charge < -0.3 is 10.6 Å². The summed E-state index contributed by atoms with van der Waals surface area (Å²) >= 11 is 0. The van der Waals surface area contributed by atoms with Gasteiger partial charge in [-0.15, -0.1) is 0 Å². The van der Waals surface area contributed by atoms with Crippen molar-refractivity contribution in [1.82, 2.24) is 14.7 Å². The Morgan fingerprint density at radius 2 is 1.83 bits per heavy atom. The number of aromatic nitrogens is 2. The molecule has 2 atom stereocenters. The van der Waals surface area contributed by atoms with E-state index in [4.69, 9.17) is 10.8 Å². The van der Waals surface area contributed by atoms with Crippen molar-refractivity contribution in [2.45, 2.75) is 37.8 Å². The van der Waals surface area contributed by atoms with Gasteiger partial charge in [0.2, 0.25) is 0 Å². The highest BCUT2D eigenvalue weighted by Crippen LogP contribution is 2.35. The first-order valence-corrected chi connectivity index (χ1v) is 10.1. The SMILES string of the molecule is N[C@@H]1C[C@H](c2ccccc2)N(C(=O)c2nn(-c3ccc(F)cc3)c3c2CCC3)C1. The van der Waals surface area contributed by atoms with Crippen molar-refractivity contribution in [3.05, 3.63) is 82.9 Å². The minimum absolute atomic E-state index is 0.0354. The van der Waals surface area contributed by atoms with Crippen molar-refractivity contribution in [3.8, 4) is 5.69 Å². The number of carbonyl (C=O) groups excluding carboxylic acids is 1. The van der Waals surface area contributed by atoms with E-state index in [1.54, 1.807) is 12.1 Å². The first-order chi connectivity index (χ1) is 14.1. The van der Waals surface area contributed by atoms with Gasteiger partial charge in [0.05, 0.1) is 11.7 Å². The van der Waals surface area contributed by atoms with Gasteiger partial charge in [0, 0.05) is 23.8 Å². The number of rotatable bonds is 3. The van der Waals surface area contributed by atoms with Crippen LogP contribution in [0, 0.1) is 5.82 Å². The largest absolute Gasteiger partial charge is 0.329 e. The molecule has 5 rings (SSSR count). The highest BCUT2D eigenvalue weighted by molar-refractivity contribution is 5.95. The Labute approximate surface area is 168 Å². The quantitative estimate of drug-likeness (QED) is 0.745. The van der Waals surface area contributed by atoms with E-state index < -0.39 is 0 Å². The third-order valence-corrected chi connectivity index (χ3v) is 5.98. The predicted molar refractivity (Wildman–Crippen MR) is 108 cm³/mol. The molecular weight excluding hydrogens is 367 g/mol. The van der Waals surface area contributed by atoms with Crippen molar-refractivity contribution in [3.63, 3.8) is 0 Å². The van der Waals surface area contributed by atoms with E-state index in [-0.39, 0.29) is 23.8 Å². The normalized spacial score (nSPS) is 20.8. The van der Waals surface area contributed by atoms with E-state index >= 15 is 0 Å². The Balaban J connectivity index is 1.53. The van der Waals surface area contributed by atoms with E-state index in [0.717, 1.165) is 48.2 Å². The highest BCUT2D eigenvalue weighted by Gasteiger charge is 2.38. The molecule has 29 heavy (non-hydrogen) atoms. The number of hydrogen-bond acceptors (Lipinski definition) is 3. The molecule has 2 aromatic carbocycles. The van der Waals surface area contributed by atoms with Crippen LogP contribution in [0.2, 0.25) is 0 Å². The Morgan fingerprint density at radius 3 is 2.59 bits per heavy atom. The highest BCUT2D eigenvalue weighted by atomic mass is 19.1. The van der Waals surface area contributed by atoms with E-state index in [0.29, 0.717) is 12.2 Å². The van der Waals surface area contributed by atoms with E-state index in [1.165, 1.54) is 12.1 Å².